The monoisotopic (exact) mass is 865 g/mol. The minimum Gasteiger partial charge on any atom is -0.462 e. The molecule has 0 spiro atoms. The second-order valence-electron chi connectivity index (χ2n) is 15.0. The Morgan fingerprint density at radius 1 is 0.583 bits per heavy atom. The Bertz CT molecular complexity index is 1430. The van der Waals surface area contributed by atoms with Crippen molar-refractivity contribution in [1.82, 2.24) is 0 Å². The van der Waals surface area contributed by atoms with Crippen molar-refractivity contribution in [3.05, 3.63) is 85.1 Å². The molecule has 0 amide bonds. The van der Waals surface area contributed by atoms with Crippen LogP contribution in [-0.2, 0) is 38.7 Å². The predicted octanol–water partition coefficient (Wildman–Crippen LogP) is 8.89. The standard InChI is InChI=1S/C47H76O12S/c1-3-5-7-9-11-13-15-17-19-20-22-23-25-27-29-31-33-35-42(48)56-37-40(38-57-47-46(52)45(51)44(50)41(59-47)39-60(53,54)55)58-43(49)36-34-32-30-28-26-24-21-18-16-14-12-10-8-6-4-2/h5,7,11,13,17-19,21-23,26-29,40-41,44-47,50-52H,3-4,6,8-10,12,14-16,20,24-25,30-39H2,1-2H3,(H,53,54,55)/b7-5+,13-11+,19-17+,21-18+,23-22+,28-26+,29-27+/t40-,41-,44-,45?,46?,47+/m1/s1. The molecule has 12 nitrogen and oxygen atoms in total. The molecule has 1 aliphatic heterocycles. The lowest BCUT2D eigenvalue weighted by Gasteiger charge is -2.40. The highest BCUT2D eigenvalue weighted by Gasteiger charge is 2.46. The van der Waals surface area contributed by atoms with E-state index in [2.05, 4.69) is 86.8 Å². The van der Waals surface area contributed by atoms with Gasteiger partial charge in [-0.2, -0.15) is 8.42 Å². The SMILES string of the molecule is CC/C=C/C/C=C/C/C=C/C/C=C/C/C=C/CCCC(=O)OC[C@H](CO[C@H]1O[C@H](CS(=O)(=O)O)[C@@H](O)C(O)C1O)OC(=O)CCCC/C=C/C/C=C/CCCCCCCC. The van der Waals surface area contributed by atoms with Gasteiger partial charge in [-0.25, -0.2) is 0 Å². The van der Waals surface area contributed by atoms with E-state index in [9.17, 15) is 37.9 Å². The third kappa shape index (κ3) is 30.8. The second kappa shape index (κ2) is 36.5. The van der Waals surface area contributed by atoms with E-state index in [4.69, 9.17) is 18.9 Å². The first-order chi connectivity index (χ1) is 29.0. The summed E-state index contributed by atoms with van der Waals surface area (Å²) in [5.74, 6) is -2.11. The highest BCUT2D eigenvalue weighted by molar-refractivity contribution is 7.85. The average Bonchev–Trinajstić information content (AvgIpc) is 3.21. The Hall–Kier alpha value is -3.17. The maximum absolute atomic E-state index is 12.8. The Morgan fingerprint density at radius 2 is 1.07 bits per heavy atom. The van der Waals surface area contributed by atoms with E-state index < -0.39 is 71.2 Å². The molecule has 1 fully saturated rings. The first-order valence-corrected chi connectivity index (χ1v) is 23.8. The molecule has 0 bridgehead atoms. The van der Waals surface area contributed by atoms with Crippen molar-refractivity contribution in [1.29, 1.82) is 0 Å². The van der Waals surface area contributed by atoms with Crippen LogP contribution in [0, 0.1) is 0 Å². The highest BCUT2D eigenvalue weighted by Crippen LogP contribution is 2.24. The molecule has 0 saturated carbocycles. The number of carbonyl (C=O) groups excluding carboxylic acids is 2. The topological polar surface area (TPSA) is 186 Å². The molecule has 0 aliphatic carbocycles. The van der Waals surface area contributed by atoms with Gasteiger partial charge in [0.25, 0.3) is 10.1 Å². The number of esters is 2. The number of aliphatic hydroxyl groups excluding tert-OH is 3. The molecule has 0 radical (unpaired) electrons. The number of rotatable bonds is 35. The van der Waals surface area contributed by atoms with Gasteiger partial charge in [0, 0.05) is 12.8 Å². The van der Waals surface area contributed by atoms with Crippen molar-refractivity contribution >= 4 is 22.1 Å². The molecule has 0 aromatic carbocycles. The van der Waals surface area contributed by atoms with Gasteiger partial charge in [0.2, 0.25) is 0 Å². The molecule has 1 rings (SSSR count). The van der Waals surface area contributed by atoms with Crippen molar-refractivity contribution in [3.8, 4) is 0 Å². The summed E-state index contributed by atoms with van der Waals surface area (Å²) < 4.78 is 53.9. The highest BCUT2D eigenvalue weighted by atomic mass is 32.2. The molecule has 60 heavy (non-hydrogen) atoms. The molecule has 1 aliphatic rings. The van der Waals surface area contributed by atoms with Gasteiger partial charge in [-0.1, -0.05) is 131 Å². The third-order valence-electron chi connectivity index (χ3n) is 9.46. The van der Waals surface area contributed by atoms with Crippen LogP contribution in [0.25, 0.3) is 0 Å². The van der Waals surface area contributed by atoms with Crippen molar-refractivity contribution in [3.63, 3.8) is 0 Å². The molecule has 6 atom stereocenters. The fraction of sp³-hybridized carbons (Fsp3) is 0.660. The first-order valence-electron chi connectivity index (χ1n) is 22.1. The minimum atomic E-state index is -4.62. The molecule has 1 heterocycles. The van der Waals surface area contributed by atoms with Crippen molar-refractivity contribution < 1.29 is 56.8 Å². The summed E-state index contributed by atoms with van der Waals surface area (Å²) in [7, 11) is -4.62. The zero-order chi connectivity index (χ0) is 44.1. The number of aliphatic hydroxyl groups is 3. The van der Waals surface area contributed by atoms with Crippen LogP contribution in [0.15, 0.2) is 85.1 Å². The lowest BCUT2D eigenvalue weighted by molar-refractivity contribution is -0.297. The fourth-order valence-corrected chi connectivity index (χ4v) is 6.73. The van der Waals surface area contributed by atoms with Gasteiger partial charge in [-0.3, -0.25) is 14.1 Å². The number of allylic oxidation sites excluding steroid dienone is 14. The van der Waals surface area contributed by atoms with Crippen LogP contribution in [0.1, 0.15) is 142 Å². The summed E-state index contributed by atoms with van der Waals surface area (Å²) in [6.07, 6.45) is 37.8. The van der Waals surface area contributed by atoms with Gasteiger partial charge in [0.05, 0.1) is 6.61 Å². The van der Waals surface area contributed by atoms with Gasteiger partial charge in [0.15, 0.2) is 12.4 Å². The molecule has 342 valence electrons. The summed E-state index contributed by atoms with van der Waals surface area (Å²) in [4.78, 5) is 25.4. The van der Waals surface area contributed by atoms with Crippen LogP contribution >= 0.6 is 0 Å². The van der Waals surface area contributed by atoms with E-state index in [0.717, 1.165) is 57.8 Å². The summed E-state index contributed by atoms with van der Waals surface area (Å²) in [6, 6.07) is 0. The van der Waals surface area contributed by atoms with Gasteiger partial charge in [-0.05, 0) is 83.5 Å². The zero-order valence-electron chi connectivity index (χ0n) is 36.3. The number of unbranched alkanes of at least 4 members (excludes halogenated alkanes) is 9. The van der Waals surface area contributed by atoms with E-state index in [1.165, 1.54) is 38.5 Å². The number of carbonyl (C=O) groups is 2. The van der Waals surface area contributed by atoms with Gasteiger partial charge in [0.1, 0.15) is 36.8 Å². The van der Waals surface area contributed by atoms with Crippen molar-refractivity contribution in [2.45, 2.75) is 179 Å². The van der Waals surface area contributed by atoms with E-state index in [1.807, 2.05) is 12.2 Å². The third-order valence-corrected chi connectivity index (χ3v) is 10.2. The summed E-state index contributed by atoms with van der Waals surface area (Å²) in [5.41, 5.74) is 0. The Labute approximate surface area is 360 Å². The molecule has 4 N–H and O–H groups in total. The largest absolute Gasteiger partial charge is 0.462 e. The van der Waals surface area contributed by atoms with Gasteiger partial charge < -0.3 is 34.3 Å². The van der Waals surface area contributed by atoms with E-state index >= 15 is 0 Å². The lowest BCUT2D eigenvalue weighted by atomic mass is 10.00. The van der Waals surface area contributed by atoms with Crippen LogP contribution in [0.3, 0.4) is 0 Å². The second-order valence-corrected chi connectivity index (χ2v) is 16.5. The van der Waals surface area contributed by atoms with Crippen LogP contribution in [0.5, 0.6) is 0 Å². The summed E-state index contributed by atoms with van der Waals surface area (Å²) in [5, 5.41) is 30.9. The molecule has 13 heteroatoms. The zero-order valence-corrected chi connectivity index (χ0v) is 37.1. The normalized spacial score (nSPS) is 20.9. The average molecular weight is 865 g/mol. The first kappa shape index (κ1) is 54.8. The summed E-state index contributed by atoms with van der Waals surface area (Å²) in [6.45, 7) is 3.54. The Kier molecular flexibility index (Phi) is 33.3. The van der Waals surface area contributed by atoms with E-state index in [-0.39, 0.29) is 19.4 Å². The summed E-state index contributed by atoms with van der Waals surface area (Å²) >= 11 is 0. The number of ether oxygens (including phenoxy) is 4. The quantitative estimate of drug-likeness (QED) is 0.0206. The molecular formula is C47H76O12S. The van der Waals surface area contributed by atoms with Crippen molar-refractivity contribution in [2.24, 2.45) is 0 Å². The molecular weight excluding hydrogens is 789 g/mol. The minimum absolute atomic E-state index is 0.105. The van der Waals surface area contributed by atoms with Gasteiger partial charge in [-0.15, -0.1) is 0 Å². The molecule has 1 saturated heterocycles. The Morgan fingerprint density at radius 3 is 1.62 bits per heavy atom. The van der Waals surface area contributed by atoms with Crippen LogP contribution in [0.2, 0.25) is 0 Å². The maximum Gasteiger partial charge on any atom is 0.306 e. The number of hydrogen-bond acceptors (Lipinski definition) is 11. The van der Waals surface area contributed by atoms with Crippen molar-refractivity contribution in [2.75, 3.05) is 19.0 Å². The predicted molar refractivity (Wildman–Crippen MR) is 238 cm³/mol. The molecule has 0 aromatic rings. The number of hydrogen-bond donors (Lipinski definition) is 4. The maximum atomic E-state index is 12.8. The van der Waals surface area contributed by atoms with E-state index in [1.54, 1.807) is 0 Å². The molecule has 2 unspecified atom stereocenters. The van der Waals surface area contributed by atoms with E-state index in [0.29, 0.717) is 19.3 Å². The molecule has 0 aromatic heterocycles. The smallest absolute Gasteiger partial charge is 0.306 e. The van der Waals surface area contributed by atoms with Crippen LogP contribution < -0.4 is 0 Å². The lowest BCUT2D eigenvalue weighted by Crippen LogP contribution is -2.60. The van der Waals surface area contributed by atoms with Crippen LogP contribution in [0.4, 0.5) is 0 Å². The van der Waals surface area contributed by atoms with Crippen LogP contribution in [-0.4, -0.2) is 96.0 Å². The van der Waals surface area contributed by atoms with Gasteiger partial charge >= 0.3 is 11.9 Å². The Balaban J connectivity index is 2.54. The fourth-order valence-electron chi connectivity index (χ4n) is 6.03.